The minimum atomic E-state index is 0.380. The molecule has 18 heavy (non-hydrogen) atoms. The summed E-state index contributed by atoms with van der Waals surface area (Å²) in [5.41, 5.74) is 6.82. The van der Waals surface area contributed by atoms with Crippen LogP contribution in [0.2, 0.25) is 0 Å². The first-order valence-electron chi connectivity index (χ1n) is 7.04. The van der Waals surface area contributed by atoms with Crippen molar-refractivity contribution in [1.29, 1.82) is 0 Å². The molecule has 1 aliphatic heterocycles. The molecule has 2 rings (SSSR count). The Morgan fingerprint density at radius 2 is 2.22 bits per heavy atom. The van der Waals surface area contributed by atoms with Crippen molar-refractivity contribution < 1.29 is 0 Å². The number of hydrogen-bond acceptors (Lipinski definition) is 4. The van der Waals surface area contributed by atoms with E-state index in [0.29, 0.717) is 5.95 Å². The number of rotatable bonds is 3. The number of hydrogen-bond donors (Lipinski definition) is 1. The summed E-state index contributed by atoms with van der Waals surface area (Å²) in [5, 5.41) is 0. The van der Waals surface area contributed by atoms with E-state index in [4.69, 9.17) is 5.73 Å². The van der Waals surface area contributed by atoms with Gasteiger partial charge in [0.1, 0.15) is 5.82 Å². The zero-order valence-electron chi connectivity index (χ0n) is 11.5. The van der Waals surface area contributed by atoms with Crippen LogP contribution >= 0.6 is 0 Å². The third-order valence-corrected chi connectivity index (χ3v) is 3.81. The van der Waals surface area contributed by atoms with Gasteiger partial charge in [0.15, 0.2) is 0 Å². The quantitative estimate of drug-likeness (QED) is 0.893. The van der Waals surface area contributed by atoms with E-state index in [0.717, 1.165) is 30.4 Å². The topological polar surface area (TPSA) is 55.0 Å². The van der Waals surface area contributed by atoms with E-state index in [1.807, 2.05) is 6.20 Å². The predicted molar refractivity (Wildman–Crippen MR) is 75.6 cm³/mol. The molecule has 1 atom stereocenters. The second-order valence-electron chi connectivity index (χ2n) is 5.31. The maximum absolute atomic E-state index is 5.70. The lowest BCUT2D eigenvalue weighted by Crippen LogP contribution is -2.26. The van der Waals surface area contributed by atoms with E-state index in [2.05, 4.69) is 28.7 Å². The molecule has 0 radical (unpaired) electrons. The summed E-state index contributed by atoms with van der Waals surface area (Å²) in [4.78, 5) is 10.8. The zero-order valence-corrected chi connectivity index (χ0v) is 11.5. The fourth-order valence-electron chi connectivity index (χ4n) is 2.84. The smallest absolute Gasteiger partial charge is 0.221 e. The van der Waals surface area contributed by atoms with Gasteiger partial charge in [-0.3, -0.25) is 0 Å². The fourth-order valence-corrected chi connectivity index (χ4v) is 2.84. The Labute approximate surface area is 110 Å². The highest BCUT2D eigenvalue weighted by Crippen LogP contribution is 2.26. The molecule has 0 aromatic carbocycles. The molecule has 0 amide bonds. The molecule has 2 N–H and O–H groups in total. The van der Waals surface area contributed by atoms with Gasteiger partial charge in [0.05, 0.1) is 0 Å². The Balaban J connectivity index is 2.07. The number of anilines is 2. The second-order valence-corrected chi connectivity index (χ2v) is 5.31. The molecule has 4 nitrogen and oxygen atoms in total. The van der Waals surface area contributed by atoms with Gasteiger partial charge in [-0.15, -0.1) is 0 Å². The van der Waals surface area contributed by atoms with E-state index < -0.39 is 0 Å². The number of nitrogens with two attached hydrogens (primary N) is 1. The maximum Gasteiger partial charge on any atom is 0.221 e. The molecule has 100 valence electrons. The minimum absolute atomic E-state index is 0.380. The summed E-state index contributed by atoms with van der Waals surface area (Å²) < 4.78 is 0. The molecule has 2 heterocycles. The maximum atomic E-state index is 5.70. The number of aryl methyl sites for hydroxylation is 1. The van der Waals surface area contributed by atoms with Crippen LogP contribution in [0.3, 0.4) is 0 Å². The molecule has 0 aliphatic carbocycles. The lowest BCUT2D eigenvalue weighted by atomic mass is 9.96. The average Bonchev–Trinajstić information content (AvgIpc) is 2.58. The van der Waals surface area contributed by atoms with Gasteiger partial charge in [-0.25, -0.2) is 4.98 Å². The summed E-state index contributed by atoms with van der Waals surface area (Å²) in [6.07, 6.45) is 8.37. The van der Waals surface area contributed by atoms with Crippen molar-refractivity contribution >= 4 is 11.8 Å². The Morgan fingerprint density at radius 1 is 1.39 bits per heavy atom. The van der Waals surface area contributed by atoms with Crippen LogP contribution in [0.4, 0.5) is 11.8 Å². The first-order chi connectivity index (χ1) is 8.70. The summed E-state index contributed by atoms with van der Waals surface area (Å²) >= 11 is 0. The van der Waals surface area contributed by atoms with Crippen molar-refractivity contribution in [3.8, 4) is 0 Å². The van der Waals surface area contributed by atoms with Gasteiger partial charge in [0, 0.05) is 24.8 Å². The van der Waals surface area contributed by atoms with Gasteiger partial charge in [-0.1, -0.05) is 19.8 Å². The van der Waals surface area contributed by atoms with Gasteiger partial charge in [-0.05, 0) is 32.1 Å². The van der Waals surface area contributed by atoms with Crippen LogP contribution in [0.1, 0.15) is 44.6 Å². The first-order valence-corrected chi connectivity index (χ1v) is 7.04. The summed E-state index contributed by atoms with van der Waals surface area (Å²) in [7, 11) is 0. The van der Waals surface area contributed by atoms with Crippen molar-refractivity contribution in [3.63, 3.8) is 0 Å². The third kappa shape index (κ3) is 3.12. The molecule has 1 unspecified atom stereocenters. The van der Waals surface area contributed by atoms with Gasteiger partial charge in [-0.2, -0.15) is 4.98 Å². The molecule has 1 aliphatic rings. The summed E-state index contributed by atoms with van der Waals surface area (Å²) in [6.45, 7) is 6.53. The molecule has 1 saturated heterocycles. The summed E-state index contributed by atoms with van der Waals surface area (Å²) in [5.74, 6) is 2.30. The highest BCUT2D eigenvalue weighted by molar-refractivity contribution is 5.47. The van der Waals surface area contributed by atoms with Gasteiger partial charge in [0.2, 0.25) is 5.95 Å². The lowest BCUT2D eigenvalue weighted by molar-refractivity contribution is 0.435. The fraction of sp³-hybridized carbons (Fsp3) is 0.714. The first kappa shape index (κ1) is 13.1. The van der Waals surface area contributed by atoms with Crippen molar-refractivity contribution in [1.82, 2.24) is 9.97 Å². The van der Waals surface area contributed by atoms with E-state index >= 15 is 0 Å². The monoisotopic (exact) mass is 248 g/mol. The molecular weight excluding hydrogens is 224 g/mol. The Hall–Kier alpha value is -1.32. The van der Waals surface area contributed by atoms with Crippen molar-refractivity contribution in [2.24, 2.45) is 5.92 Å². The van der Waals surface area contributed by atoms with Gasteiger partial charge >= 0.3 is 0 Å². The highest BCUT2D eigenvalue weighted by Gasteiger charge is 2.18. The number of aromatic nitrogens is 2. The molecule has 0 bridgehead atoms. The van der Waals surface area contributed by atoms with Crippen molar-refractivity contribution in [3.05, 3.63) is 11.8 Å². The Morgan fingerprint density at radius 3 is 3.00 bits per heavy atom. The molecule has 4 heteroatoms. The molecular formula is C14H24N4. The highest BCUT2D eigenvalue weighted by atomic mass is 15.2. The molecule has 0 saturated carbocycles. The van der Waals surface area contributed by atoms with Crippen molar-refractivity contribution in [2.75, 3.05) is 23.7 Å². The number of nitrogen functional groups attached to an aromatic ring is 1. The molecule has 0 spiro atoms. The average molecular weight is 248 g/mol. The SMILES string of the molecule is CCCC1CCCN(c2nc(N)ncc2C)CC1. The van der Waals surface area contributed by atoms with Crippen LogP contribution in [-0.2, 0) is 0 Å². The van der Waals surface area contributed by atoms with E-state index in [1.54, 1.807) is 0 Å². The largest absolute Gasteiger partial charge is 0.368 e. The minimum Gasteiger partial charge on any atom is -0.368 e. The van der Waals surface area contributed by atoms with Crippen molar-refractivity contribution in [2.45, 2.75) is 46.0 Å². The standard InChI is InChI=1S/C14H24N4/c1-3-5-12-6-4-8-18(9-7-12)13-11(2)10-16-14(15)17-13/h10,12H,3-9H2,1-2H3,(H2,15,16,17). The van der Waals surface area contributed by atoms with E-state index in [-0.39, 0.29) is 0 Å². The second kappa shape index (κ2) is 6.03. The predicted octanol–water partition coefficient (Wildman–Crippen LogP) is 2.77. The Bertz CT molecular complexity index is 391. The normalized spacial score (nSPS) is 20.8. The number of nitrogens with zero attached hydrogens (tertiary/aromatic N) is 3. The van der Waals surface area contributed by atoms with Gasteiger partial charge in [0.25, 0.3) is 0 Å². The van der Waals surface area contributed by atoms with Crippen LogP contribution in [0.15, 0.2) is 6.20 Å². The summed E-state index contributed by atoms with van der Waals surface area (Å²) in [6, 6.07) is 0. The van der Waals surface area contributed by atoms with Gasteiger partial charge < -0.3 is 10.6 Å². The zero-order chi connectivity index (χ0) is 13.0. The van der Waals surface area contributed by atoms with Crippen LogP contribution in [0.5, 0.6) is 0 Å². The molecule has 1 aromatic heterocycles. The Kier molecular flexibility index (Phi) is 4.39. The van der Waals surface area contributed by atoms with E-state index in [1.165, 1.54) is 32.1 Å². The van der Waals surface area contributed by atoms with Crippen LogP contribution in [0, 0.1) is 12.8 Å². The van der Waals surface area contributed by atoms with Crippen LogP contribution < -0.4 is 10.6 Å². The lowest BCUT2D eigenvalue weighted by Gasteiger charge is -2.23. The van der Waals surface area contributed by atoms with Crippen LogP contribution in [-0.4, -0.2) is 23.1 Å². The van der Waals surface area contributed by atoms with Crippen LogP contribution in [0.25, 0.3) is 0 Å². The third-order valence-electron chi connectivity index (χ3n) is 3.81. The van der Waals surface area contributed by atoms with E-state index in [9.17, 15) is 0 Å². The molecule has 1 fully saturated rings. The molecule has 1 aromatic rings.